The lowest BCUT2D eigenvalue weighted by atomic mass is 10.0. The molecule has 1 atom stereocenters. The van der Waals surface area contributed by atoms with Crippen LogP contribution in [0.2, 0.25) is 0 Å². The Morgan fingerprint density at radius 1 is 1.20 bits per heavy atom. The summed E-state index contributed by atoms with van der Waals surface area (Å²) in [6.07, 6.45) is 4.05. The smallest absolute Gasteiger partial charge is 0.288 e. The molecule has 1 amide bonds. The van der Waals surface area contributed by atoms with E-state index in [0.717, 1.165) is 50.7 Å². The van der Waals surface area contributed by atoms with E-state index in [0.29, 0.717) is 6.54 Å². The predicted molar refractivity (Wildman–Crippen MR) is 113 cm³/mol. The zero-order valence-electron chi connectivity index (χ0n) is 16.8. The summed E-state index contributed by atoms with van der Waals surface area (Å²) in [7, 11) is -3.77. The average Bonchev–Trinajstić information content (AvgIpc) is 2.72. The number of piperidine rings is 1. The van der Waals surface area contributed by atoms with Gasteiger partial charge in [-0.25, -0.2) is 8.42 Å². The minimum atomic E-state index is -3.77. The lowest BCUT2D eigenvalue weighted by molar-refractivity contribution is -0.387. The van der Waals surface area contributed by atoms with Gasteiger partial charge in [-0.3, -0.25) is 19.8 Å². The molecule has 0 bridgehead atoms. The summed E-state index contributed by atoms with van der Waals surface area (Å²) in [6, 6.07) is 13.8. The average molecular weight is 432 g/mol. The molecule has 0 aliphatic carbocycles. The molecular formula is C21H25N3O5S. The van der Waals surface area contributed by atoms with Crippen molar-refractivity contribution < 1.29 is 18.1 Å². The maximum absolute atomic E-state index is 12.6. The number of hydrogen-bond donors (Lipinski definition) is 1. The number of amides is 1. The summed E-state index contributed by atoms with van der Waals surface area (Å²) in [6.45, 7) is 2.17. The Balaban J connectivity index is 1.69. The minimum absolute atomic E-state index is 0.0690. The molecule has 3 rings (SSSR count). The number of likely N-dealkylation sites (tertiary alicyclic amines) is 1. The number of carbonyl (C=O) groups is 1. The first-order valence-electron chi connectivity index (χ1n) is 9.80. The van der Waals surface area contributed by atoms with Crippen molar-refractivity contribution in [2.75, 3.05) is 19.3 Å². The number of nitrogens with one attached hydrogen (secondary N) is 1. The number of nitrogens with zero attached hydrogens (tertiary/aromatic N) is 2. The fourth-order valence-electron chi connectivity index (χ4n) is 3.74. The lowest BCUT2D eigenvalue weighted by Crippen LogP contribution is -2.46. The number of carbonyl (C=O) groups excluding carboxylic acids is 1. The number of nitro groups is 1. The van der Waals surface area contributed by atoms with Crippen LogP contribution in [0.25, 0.3) is 0 Å². The van der Waals surface area contributed by atoms with Gasteiger partial charge in [-0.2, -0.15) is 0 Å². The third kappa shape index (κ3) is 5.43. The van der Waals surface area contributed by atoms with E-state index in [1.165, 1.54) is 11.6 Å². The Kier molecular flexibility index (Phi) is 6.84. The van der Waals surface area contributed by atoms with E-state index in [1.807, 2.05) is 18.2 Å². The molecule has 0 aromatic heterocycles. The van der Waals surface area contributed by atoms with Gasteiger partial charge in [-0.1, -0.05) is 36.8 Å². The summed E-state index contributed by atoms with van der Waals surface area (Å²) in [5, 5.41) is 14.1. The van der Waals surface area contributed by atoms with Crippen molar-refractivity contribution in [2.45, 2.75) is 36.7 Å². The Labute approximate surface area is 176 Å². The maximum atomic E-state index is 12.6. The van der Waals surface area contributed by atoms with Gasteiger partial charge in [-0.05, 0) is 37.1 Å². The quantitative estimate of drug-likeness (QED) is 0.533. The highest BCUT2D eigenvalue weighted by Crippen LogP contribution is 2.25. The number of benzene rings is 2. The molecule has 30 heavy (non-hydrogen) atoms. The van der Waals surface area contributed by atoms with Crippen molar-refractivity contribution >= 4 is 21.4 Å². The fourth-order valence-corrected chi connectivity index (χ4v) is 4.57. The van der Waals surface area contributed by atoms with Crippen molar-refractivity contribution in [1.29, 1.82) is 0 Å². The molecule has 1 unspecified atom stereocenters. The van der Waals surface area contributed by atoms with Crippen LogP contribution in [-0.4, -0.2) is 49.5 Å². The Hall–Kier alpha value is -2.78. The van der Waals surface area contributed by atoms with Gasteiger partial charge < -0.3 is 5.32 Å². The summed E-state index contributed by atoms with van der Waals surface area (Å²) in [5.41, 5.74) is 0.691. The zero-order chi connectivity index (χ0) is 21.7. The van der Waals surface area contributed by atoms with Crippen molar-refractivity contribution in [3.63, 3.8) is 0 Å². The molecule has 1 saturated heterocycles. The van der Waals surface area contributed by atoms with Gasteiger partial charge in [0.2, 0.25) is 0 Å². The largest absolute Gasteiger partial charge is 0.350 e. The second kappa shape index (κ2) is 9.36. The molecule has 9 heteroatoms. The van der Waals surface area contributed by atoms with Crippen LogP contribution in [0.5, 0.6) is 0 Å². The topological polar surface area (TPSA) is 110 Å². The molecule has 1 aliphatic rings. The van der Waals surface area contributed by atoms with Crippen LogP contribution in [0.1, 0.15) is 35.2 Å². The highest BCUT2D eigenvalue weighted by atomic mass is 32.2. The number of hydrogen-bond acceptors (Lipinski definition) is 6. The molecule has 1 fully saturated rings. The van der Waals surface area contributed by atoms with E-state index in [1.54, 1.807) is 0 Å². The predicted octanol–water partition coefficient (Wildman–Crippen LogP) is 2.78. The van der Waals surface area contributed by atoms with Gasteiger partial charge >= 0.3 is 0 Å². The molecular weight excluding hydrogens is 406 g/mol. The van der Waals surface area contributed by atoms with Crippen molar-refractivity contribution in [1.82, 2.24) is 10.2 Å². The normalized spacial score (nSPS) is 17.4. The second-order valence-corrected chi connectivity index (χ2v) is 9.51. The molecule has 0 spiro atoms. The number of sulfone groups is 1. The van der Waals surface area contributed by atoms with Crippen LogP contribution in [-0.2, 0) is 16.4 Å². The highest BCUT2D eigenvalue weighted by Gasteiger charge is 2.26. The third-order valence-corrected chi connectivity index (χ3v) is 6.44. The van der Waals surface area contributed by atoms with Crippen LogP contribution in [0.3, 0.4) is 0 Å². The Morgan fingerprint density at radius 2 is 1.93 bits per heavy atom. The number of rotatable bonds is 7. The second-order valence-electron chi connectivity index (χ2n) is 7.53. The number of nitro benzene ring substituents is 1. The lowest BCUT2D eigenvalue weighted by Gasteiger charge is -2.35. The molecule has 2 aromatic carbocycles. The van der Waals surface area contributed by atoms with Gasteiger partial charge in [-0.15, -0.1) is 0 Å². The SMILES string of the molecule is CS(=O)(=O)c1ccc(C(=O)NCC2CCCCN2Cc2ccccc2)cc1[N+](=O)[O-]. The minimum Gasteiger partial charge on any atom is -0.350 e. The Bertz CT molecular complexity index is 1020. The molecule has 1 heterocycles. The van der Waals surface area contributed by atoms with Gasteiger partial charge in [0.15, 0.2) is 9.84 Å². The molecule has 2 aromatic rings. The van der Waals surface area contributed by atoms with E-state index in [-0.39, 0.29) is 11.6 Å². The van der Waals surface area contributed by atoms with Crippen molar-refractivity contribution in [3.8, 4) is 0 Å². The van der Waals surface area contributed by atoms with Crippen LogP contribution in [0.4, 0.5) is 5.69 Å². The molecule has 0 radical (unpaired) electrons. The van der Waals surface area contributed by atoms with E-state index in [4.69, 9.17) is 0 Å². The molecule has 8 nitrogen and oxygen atoms in total. The standard InChI is InChI=1S/C21H25N3O5S/c1-30(28,29)20-11-10-17(13-19(20)24(26)27)21(25)22-14-18-9-5-6-12-23(18)15-16-7-3-2-4-8-16/h2-4,7-8,10-11,13,18H,5-6,9,12,14-15H2,1H3,(H,22,25). The van der Waals surface area contributed by atoms with Gasteiger partial charge in [0.05, 0.1) is 4.92 Å². The van der Waals surface area contributed by atoms with Crippen LogP contribution in [0.15, 0.2) is 53.4 Å². The molecule has 1 aliphatic heterocycles. The van der Waals surface area contributed by atoms with Gasteiger partial charge in [0, 0.05) is 37.0 Å². The highest BCUT2D eigenvalue weighted by molar-refractivity contribution is 7.90. The molecule has 160 valence electrons. The first-order valence-corrected chi connectivity index (χ1v) is 11.7. The summed E-state index contributed by atoms with van der Waals surface area (Å²) in [5.74, 6) is -0.455. The molecule has 1 N–H and O–H groups in total. The van der Waals surface area contributed by atoms with Crippen molar-refractivity contribution in [3.05, 3.63) is 69.8 Å². The maximum Gasteiger partial charge on any atom is 0.288 e. The first-order chi connectivity index (χ1) is 14.3. The van der Waals surface area contributed by atoms with Gasteiger partial charge in [0.25, 0.3) is 11.6 Å². The van der Waals surface area contributed by atoms with Gasteiger partial charge in [0.1, 0.15) is 4.90 Å². The Morgan fingerprint density at radius 3 is 2.60 bits per heavy atom. The summed E-state index contributed by atoms with van der Waals surface area (Å²) in [4.78, 5) is 25.0. The van der Waals surface area contributed by atoms with E-state index >= 15 is 0 Å². The van der Waals surface area contributed by atoms with Crippen LogP contribution in [0, 0.1) is 10.1 Å². The molecule has 0 saturated carbocycles. The van der Waals surface area contributed by atoms with Crippen LogP contribution < -0.4 is 5.32 Å². The van der Waals surface area contributed by atoms with Crippen molar-refractivity contribution in [2.24, 2.45) is 0 Å². The summed E-state index contributed by atoms with van der Waals surface area (Å²) < 4.78 is 23.5. The third-order valence-electron chi connectivity index (χ3n) is 5.29. The van der Waals surface area contributed by atoms with E-state index in [2.05, 4.69) is 22.3 Å². The fraction of sp³-hybridized carbons (Fsp3) is 0.381. The monoisotopic (exact) mass is 431 g/mol. The van der Waals surface area contributed by atoms with Crippen LogP contribution >= 0.6 is 0 Å². The first kappa shape index (κ1) is 21.9. The summed E-state index contributed by atoms with van der Waals surface area (Å²) >= 11 is 0. The zero-order valence-corrected chi connectivity index (χ0v) is 17.6. The van der Waals surface area contributed by atoms with E-state index < -0.39 is 31.3 Å². The van der Waals surface area contributed by atoms with E-state index in [9.17, 15) is 23.3 Å².